The monoisotopic (exact) mass is 432 g/mol. The van der Waals surface area contributed by atoms with Crippen molar-refractivity contribution in [3.63, 3.8) is 0 Å². The number of anilines is 2. The molecule has 31 heavy (non-hydrogen) atoms. The van der Waals surface area contributed by atoms with E-state index in [1.165, 1.54) is 19.1 Å². The van der Waals surface area contributed by atoms with Gasteiger partial charge in [-0.3, -0.25) is 4.79 Å². The molecular formula is C22H22F2N2O5. The fourth-order valence-corrected chi connectivity index (χ4v) is 3.84. The van der Waals surface area contributed by atoms with Crippen LogP contribution in [0.3, 0.4) is 0 Å². The van der Waals surface area contributed by atoms with Gasteiger partial charge < -0.3 is 24.0 Å². The molecule has 0 aliphatic carbocycles. The van der Waals surface area contributed by atoms with E-state index in [0.717, 1.165) is 11.4 Å². The Balaban J connectivity index is 1.62. The molecule has 9 heteroatoms. The first-order valence-electron chi connectivity index (χ1n) is 9.81. The Hall–Kier alpha value is -3.36. The molecule has 1 saturated heterocycles. The van der Waals surface area contributed by atoms with Gasteiger partial charge in [-0.05, 0) is 30.3 Å². The molecule has 7 nitrogen and oxygen atoms in total. The van der Waals surface area contributed by atoms with E-state index in [0.29, 0.717) is 35.8 Å². The van der Waals surface area contributed by atoms with Crippen molar-refractivity contribution in [1.29, 1.82) is 0 Å². The highest BCUT2D eigenvalue weighted by Gasteiger charge is 2.40. The van der Waals surface area contributed by atoms with Crippen LogP contribution in [-0.2, 0) is 4.74 Å². The second-order valence-electron chi connectivity index (χ2n) is 7.39. The molecule has 2 aromatic carbocycles. The number of hydrogen-bond acceptors (Lipinski definition) is 6. The number of benzene rings is 2. The molecule has 0 spiro atoms. The zero-order chi connectivity index (χ0) is 22.2. The summed E-state index contributed by atoms with van der Waals surface area (Å²) in [6.45, 7) is 0.372. The van der Waals surface area contributed by atoms with Crippen molar-refractivity contribution in [2.24, 2.45) is 0 Å². The lowest BCUT2D eigenvalue weighted by Gasteiger charge is -2.32. The summed E-state index contributed by atoms with van der Waals surface area (Å²) in [7, 11) is 2.77. The van der Waals surface area contributed by atoms with Crippen molar-refractivity contribution < 1.29 is 32.6 Å². The first-order valence-corrected chi connectivity index (χ1v) is 9.81. The van der Waals surface area contributed by atoms with Gasteiger partial charge in [-0.25, -0.2) is 13.6 Å². The van der Waals surface area contributed by atoms with E-state index in [2.05, 4.69) is 0 Å². The second kappa shape index (κ2) is 8.05. The molecule has 1 amide bonds. The Morgan fingerprint density at radius 1 is 1.10 bits per heavy atom. The maximum absolute atomic E-state index is 13.5. The summed E-state index contributed by atoms with van der Waals surface area (Å²) < 4.78 is 42.8. The molecule has 2 aromatic rings. The number of nitrogens with zero attached hydrogens (tertiary/aromatic N) is 2. The average Bonchev–Trinajstić information content (AvgIpc) is 3.16. The van der Waals surface area contributed by atoms with Crippen molar-refractivity contribution >= 4 is 23.3 Å². The van der Waals surface area contributed by atoms with Gasteiger partial charge in [0.15, 0.2) is 0 Å². The van der Waals surface area contributed by atoms with Crippen LogP contribution < -0.4 is 14.4 Å². The molecule has 1 fully saturated rings. The molecule has 164 valence electrons. The topological polar surface area (TPSA) is 68.3 Å². The lowest BCUT2D eigenvalue weighted by atomic mass is 10.1. The van der Waals surface area contributed by atoms with Crippen LogP contribution in [-0.4, -0.2) is 63.2 Å². The number of ether oxygens (including phenoxy) is 3. The quantitative estimate of drug-likeness (QED) is 0.689. The molecule has 0 radical (unpaired) electrons. The zero-order valence-electron chi connectivity index (χ0n) is 17.2. The summed E-state index contributed by atoms with van der Waals surface area (Å²) in [4.78, 5) is 27.7. The molecule has 0 unspecified atom stereocenters. The summed E-state index contributed by atoms with van der Waals surface area (Å²) in [6.07, 6.45) is -0.322. The van der Waals surface area contributed by atoms with Crippen LogP contribution in [0, 0.1) is 0 Å². The summed E-state index contributed by atoms with van der Waals surface area (Å²) in [5.41, 5.74) is 2.11. The standard InChI is InChI=1S/C22H22F2N2O5/c1-29-18-12-15(4-5-16(18)21(28)30-2)26-9-10-31-19-11-14(3-6-17(19)26)20(27)25-8-7-22(23,24)13-25/h3-6,11-12H,7-10,13H2,1-2H3. The molecule has 2 aliphatic rings. The average molecular weight is 432 g/mol. The Bertz CT molecular complexity index is 1030. The van der Waals surface area contributed by atoms with Gasteiger partial charge in [0.1, 0.15) is 23.7 Å². The first kappa shape index (κ1) is 20.9. The van der Waals surface area contributed by atoms with Gasteiger partial charge >= 0.3 is 5.97 Å². The van der Waals surface area contributed by atoms with Gasteiger partial charge in [-0.15, -0.1) is 0 Å². The SMILES string of the molecule is COC(=O)c1ccc(N2CCOc3cc(C(=O)N4CCC(F)(F)C4)ccc32)cc1OC. The Labute approximate surface area is 178 Å². The van der Waals surface area contributed by atoms with Gasteiger partial charge in [0.05, 0.1) is 33.0 Å². The molecule has 0 atom stereocenters. The number of fused-ring (bicyclic) bond motifs is 1. The minimum atomic E-state index is -2.84. The first-order chi connectivity index (χ1) is 14.8. The predicted molar refractivity (Wildman–Crippen MR) is 109 cm³/mol. The van der Waals surface area contributed by atoms with Gasteiger partial charge in [-0.2, -0.15) is 0 Å². The number of hydrogen-bond donors (Lipinski definition) is 0. The van der Waals surface area contributed by atoms with Gasteiger partial charge in [0, 0.05) is 30.3 Å². The van der Waals surface area contributed by atoms with Crippen molar-refractivity contribution in [1.82, 2.24) is 4.90 Å². The summed E-state index contributed by atoms with van der Waals surface area (Å²) in [5, 5.41) is 0. The van der Waals surface area contributed by atoms with Crippen molar-refractivity contribution in [3.05, 3.63) is 47.5 Å². The van der Waals surface area contributed by atoms with E-state index >= 15 is 0 Å². The largest absolute Gasteiger partial charge is 0.496 e. The number of methoxy groups -OCH3 is 2. The number of alkyl halides is 2. The van der Waals surface area contributed by atoms with E-state index in [1.807, 2.05) is 4.90 Å². The number of carbonyl (C=O) groups is 2. The van der Waals surface area contributed by atoms with E-state index in [4.69, 9.17) is 14.2 Å². The van der Waals surface area contributed by atoms with Crippen LogP contribution in [0.5, 0.6) is 11.5 Å². The summed E-state index contributed by atoms with van der Waals surface area (Å²) in [6, 6.07) is 10.1. The third-order valence-corrected chi connectivity index (χ3v) is 5.43. The van der Waals surface area contributed by atoms with E-state index in [9.17, 15) is 18.4 Å². The molecule has 2 aliphatic heterocycles. The highest BCUT2D eigenvalue weighted by molar-refractivity contribution is 5.96. The van der Waals surface area contributed by atoms with Crippen LogP contribution in [0.15, 0.2) is 36.4 Å². The number of carbonyl (C=O) groups excluding carboxylic acids is 2. The Morgan fingerprint density at radius 2 is 1.90 bits per heavy atom. The molecule has 0 bridgehead atoms. The van der Waals surface area contributed by atoms with Crippen LogP contribution in [0.1, 0.15) is 27.1 Å². The van der Waals surface area contributed by atoms with Crippen molar-refractivity contribution in [2.75, 3.05) is 45.4 Å². The third kappa shape index (κ3) is 3.99. The van der Waals surface area contributed by atoms with E-state index in [1.54, 1.807) is 36.4 Å². The van der Waals surface area contributed by atoms with Crippen molar-refractivity contribution in [2.45, 2.75) is 12.3 Å². The lowest BCUT2D eigenvalue weighted by Crippen LogP contribution is -2.32. The minimum Gasteiger partial charge on any atom is -0.496 e. The van der Waals surface area contributed by atoms with Gasteiger partial charge in [0.2, 0.25) is 0 Å². The predicted octanol–water partition coefficient (Wildman–Crippen LogP) is 3.49. The smallest absolute Gasteiger partial charge is 0.341 e. The van der Waals surface area contributed by atoms with Crippen LogP contribution in [0.2, 0.25) is 0 Å². The summed E-state index contributed by atoms with van der Waals surface area (Å²) in [5.74, 6) is -2.92. The zero-order valence-corrected chi connectivity index (χ0v) is 17.2. The van der Waals surface area contributed by atoms with Gasteiger partial charge in [0.25, 0.3) is 11.8 Å². The van der Waals surface area contributed by atoms with Crippen LogP contribution in [0.25, 0.3) is 0 Å². The molecule has 0 N–H and O–H groups in total. The number of esters is 1. The van der Waals surface area contributed by atoms with Crippen LogP contribution >= 0.6 is 0 Å². The maximum atomic E-state index is 13.5. The van der Waals surface area contributed by atoms with Crippen LogP contribution in [0.4, 0.5) is 20.2 Å². The Morgan fingerprint density at radius 3 is 2.58 bits per heavy atom. The fraction of sp³-hybridized carbons (Fsp3) is 0.364. The lowest BCUT2D eigenvalue weighted by molar-refractivity contribution is 0.0120. The fourth-order valence-electron chi connectivity index (χ4n) is 3.84. The normalized spacial score (nSPS) is 17.0. The molecule has 2 heterocycles. The molecule has 4 rings (SSSR count). The Kier molecular flexibility index (Phi) is 5.43. The highest BCUT2D eigenvalue weighted by Crippen LogP contribution is 2.39. The van der Waals surface area contributed by atoms with E-state index in [-0.39, 0.29) is 13.0 Å². The third-order valence-electron chi connectivity index (χ3n) is 5.43. The number of amides is 1. The maximum Gasteiger partial charge on any atom is 0.341 e. The van der Waals surface area contributed by atoms with Crippen molar-refractivity contribution in [3.8, 4) is 11.5 Å². The van der Waals surface area contributed by atoms with E-state index < -0.39 is 24.3 Å². The summed E-state index contributed by atoms with van der Waals surface area (Å²) >= 11 is 0. The number of halogens is 2. The highest BCUT2D eigenvalue weighted by atomic mass is 19.3. The minimum absolute atomic E-state index is 0.0300. The number of likely N-dealkylation sites (tertiary alicyclic amines) is 1. The molecule has 0 aromatic heterocycles. The number of rotatable bonds is 4. The molecule has 0 saturated carbocycles. The molecular weight excluding hydrogens is 410 g/mol. The van der Waals surface area contributed by atoms with Gasteiger partial charge in [-0.1, -0.05) is 0 Å². The second-order valence-corrected chi connectivity index (χ2v) is 7.39.